The molecule has 0 radical (unpaired) electrons. The number of rotatable bonds is 7. The standard InChI is InChI=1S/C21H21ClN2O3S/c1-13-8-9-15(11-17(13)22)10-16-12-23-21(28-16)24-20(25)14(2)27-19-7-5-4-6-18(19)26-3/h4-9,11-12,14H,10H2,1-3H3,(H,23,24,25). The third-order valence-electron chi connectivity index (χ3n) is 4.14. The first-order valence-electron chi connectivity index (χ1n) is 8.76. The van der Waals surface area contributed by atoms with Crippen molar-refractivity contribution in [3.8, 4) is 11.5 Å². The topological polar surface area (TPSA) is 60.5 Å². The number of amides is 1. The highest BCUT2D eigenvalue weighted by molar-refractivity contribution is 7.15. The van der Waals surface area contributed by atoms with Gasteiger partial charge in [-0.25, -0.2) is 4.98 Å². The maximum atomic E-state index is 12.4. The molecule has 0 fully saturated rings. The van der Waals surface area contributed by atoms with E-state index in [2.05, 4.69) is 10.3 Å². The third-order valence-corrected chi connectivity index (χ3v) is 5.46. The minimum atomic E-state index is -0.695. The fraction of sp³-hybridized carbons (Fsp3) is 0.238. The predicted molar refractivity (Wildman–Crippen MR) is 113 cm³/mol. The molecule has 0 saturated heterocycles. The number of carbonyl (C=O) groups excluding carboxylic acids is 1. The van der Waals surface area contributed by atoms with E-state index in [0.717, 1.165) is 21.0 Å². The highest BCUT2D eigenvalue weighted by atomic mass is 35.5. The number of anilines is 1. The Kier molecular flexibility index (Phi) is 6.54. The number of hydrogen-bond acceptors (Lipinski definition) is 5. The van der Waals surface area contributed by atoms with E-state index in [1.54, 1.807) is 32.4 Å². The number of benzene rings is 2. The van der Waals surface area contributed by atoms with E-state index >= 15 is 0 Å². The first-order valence-corrected chi connectivity index (χ1v) is 9.96. The van der Waals surface area contributed by atoms with Crippen molar-refractivity contribution in [2.75, 3.05) is 12.4 Å². The summed E-state index contributed by atoms with van der Waals surface area (Å²) < 4.78 is 11.0. The number of ether oxygens (including phenoxy) is 2. The summed E-state index contributed by atoms with van der Waals surface area (Å²) in [5.41, 5.74) is 2.15. The van der Waals surface area contributed by atoms with Crippen LogP contribution in [0.2, 0.25) is 5.02 Å². The van der Waals surface area contributed by atoms with E-state index in [-0.39, 0.29) is 5.91 Å². The minimum Gasteiger partial charge on any atom is -0.493 e. The van der Waals surface area contributed by atoms with Gasteiger partial charge in [-0.1, -0.05) is 35.9 Å². The lowest BCUT2D eigenvalue weighted by Crippen LogP contribution is -2.30. The number of methoxy groups -OCH3 is 1. The SMILES string of the molecule is COc1ccccc1OC(C)C(=O)Nc1ncc(Cc2ccc(C)c(Cl)c2)s1. The Morgan fingerprint density at radius 3 is 2.71 bits per heavy atom. The Balaban J connectivity index is 1.60. The van der Waals surface area contributed by atoms with Gasteiger partial charge in [0, 0.05) is 22.5 Å². The average Bonchev–Trinajstić information content (AvgIpc) is 3.12. The first-order chi connectivity index (χ1) is 13.5. The van der Waals surface area contributed by atoms with Crippen molar-refractivity contribution < 1.29 is 14.3 Å². The molecular weight excluding hydrogens is 396 g/mol. The van der Waals surface area contributed by atoms with Crippen molar-refractivity contribution in [1.29, 1.82) is 0 Å². The normalized spacial score (nSPS) is 11.7. The van der Waals surface area contributed by atoms with Crippen LogP contribution < -0.4 is 14.8 Å². The Hall–Kier alpha value is -2.57. The summed E-state index contributed by atoms with van der Waals surface area (Å²) in [7, 11) is 1.56. The van der Waals surface area contributed by atoms with Crippen molar-refractivity contribution in [1.82, 2.24) is 4.98 Å². The molecule has 1 atom stereocenters. The first kappa shape index (κ1) is 20.2. The molecule has 1 aromatic heterocycles. The number of hydrogen-bond donors (Lipinski definition) is 1. The quantitative estimate of drug-likeness (QED) is 0.581. The van der Waals surface area contributed by atoms with Gasteiger partial charge < -0.3 is 9.47 Å². The van der Waals surface area contributed by atoms with Gasteiger partial charge in [0.1, 0.15) is 0 Å². The molecule has 146 valence electrons. The zero-order chi connectivity index (χ0) is 20.1. The summed E-state index contributed by atoms with van der Waals surface area (Å²) in [5, 5.41) is 4.09. The molecular formula is C21H21ClN2O3S. The molecule has 0 aliphatic rings. The fourth-order valence-corrected chi connectivity index (χ4v) is 3.61. The minimum absolute atomic E-state index is 0.273. The van der Waals surface area contributed by atoms with Crippen LogP contribution in [-0.4, -0.2) is 24.1 Å². The lowest BCUT2D eigenvalue weighted by molar-refractivity contribution is -0.122. The lowest BCUT2D eigenvalue weighted by Gasteiger charge is -2.15. The van der Waals surface area contributed by atoms with Crippen LogP contribution in [-0.2, 0) is 11.2 Å². The number of halogens is 1. The van der Waals surface area contributed by atoms with E-state index < -0.39 is 6.10 Å². The second-order valence-corrected chi connectivity index (χ2v) is 7.81. The Labute approximate surface area is 173 Å². The summed E-state index contributed by atoms with van der Waals surface area (Å²) in [4.78, 5) is 17.8. The predicted octanol–water partition coefficient (Wildman–Crippen LogP) is 5.11. The van der Waals surface area contributed by atoms with Crippen LogP contribution in [0.15, 0.2) is 48.7 Å². The maximum Gasteiger partial charge on any atom is 0.266 e. The highest BCUT2D eigenvalue weighted by Crippen LogP contribution is 2.27. The van der Waals surface area contributed by atoms with E-state index in [9.17, 15) is 4.79 Å². The van der Waals surface area contributed by atoms with E-state index in [4.69, 9.17) is 21.1 Å². The monoisotopic (exact) mass is 416 g/mol. The summed E-state index contributed by atoms with van der Waals surface area (Å²) in [6.45, 7) is 3.66. The van der Waals surface area contributed by atoms with E-state index in [0.29, 0.717) is 23.1 Å². The molecule has 1 amide bonds. The molecule has 28 heavy (non-hydrogen) atoms. The largest absolute Gasteiger partial charge is 0.493 e. The molecule has 3 rings (SSSR count). The number of thiazole rings is 1. The van der Waals surface area contributed by atoms with Crippen LogP contribution in [0, 0.1) is 6.92 Å². The molecule has 0 aliphatic heterocycles. The van der Waals surface area contributed by atoms with Gasteiger partial charge in [0.2, 0.25) is 0 Å². The van der Waals surface area contributed by atoms with Crippen molar-refractivity contribution >= 4 is 34.0 Å². The van der Waals surface area contributed by atoms with Crippen LogP contribution in [0.4, 0.5) is 5.13 Å². The number of aryl methyl sites for hydroxylation is 1. The number of para-hydroxylation sites is 2. The van der Waals surface area contributed by atoms with E-state index in [1.165, 1.54) is 11.3 Å². The van der Waals surface area contributed by atoms with Gasteiger partial charge in [-0.15, -0.1) is 11.3 Å². The van der Waals surface area contributed by atoms with Gasteiger partial charge in [0.25, 0.3) is 5.91 Å². The molecule has 0 aliphatic carbocycles. The molecule has 1 unspecified atom stereocenters. The van der Waals surface area contributed by atoms with Crippen LogP contribution in [0.3, 0.4) is 0 Å². The molecule has 3 aromatic rings. The van der Waals surface area contributed by atoms with Gasteiger partial charge >= 0.3 is 0 Å². The number of carbonyl (C=O) groups is 1. The van der Waals surface area contributed by atoms with E-state index in [1.807, 2.05) is 37.3 Å². The van der Waals surface area contributed by atoms with Crippen LogP contribution in [0.25, 0.3) is 0 Å². The molecule has 1 N–H and O–H groups in total. The van der Waals surface area contributed by atoms with Crippen LogP contribution in [0.1, 0.15) is 22.9 Å². The summed E-state index contributed by atoms with van der Waals surface area (Å²) in [6.07, 6.45) is 1.78. The molecule has 5 nitrogen and oxygen atoms in total. The summed E-state index contributed by atoms with van der Waals surface area (Å²) in [5.74, 6) is 0.823. The number of aromatic nitrogens is 1. The summed E-state index contributed by atoms with van der Waals surface area (Å²) in [6, 6.07) is 13.2. The molecule has 0 saturated carbocycles. The number of nitrogens with one attached hydrogen (secondary N) is 1. The van der Waals surface area contributed by atoms with Gasteiger partial charge in [-0.3, -0.25) is 10.1 Å². The van der Waals surface area contributed by atoms with Gasteiger partial charge in [-0.05, 0) is 43.2 Å². The van der Waals surface area contributed by atoms with Gasteiger partial charge in [0.15, 0.2) is 22.7 Å². The Morgan fingerprint density at radius 1 is 1.25 bits per heavy atom. The van der Waals surface area contributed by atoms with Crippen molar-refractivity contribution in [2.45, 2.75) is 26.4 Å². The molecule has 0 bridgehead atoms. The highest BCUT2D eigenvalue weighted by Gasteiger charge is 2.18. The second-order valence-electron chi connectivity index (χ2n) is 6.29. The summed E-state index contributed by atoms with van der Waals surface area (Å²) >= 11 is 7.62. The Morgan fingerprint density at radius 2 is 2.00 bits per heavy atom. The lowest BCUT2D eigenvalue weighted by atomic mass is 10.1. The van der Waals surface area contributed by atoms with Gasteiger partial charge in [-0.2, -0.15) is 0 Å². The Bertz CT molecular complexity index is 974. The second kappa shape index (κ2) is 9.08. The van der Waals surface area contributed by atoms with Crippen LogP contribution >= 0.6 is 22.9 Å². The molecule has 7 heteroatoms. The van der Waals surface area contributed by atoms with Gasteiger partial charge in [0.05, 0.1) is 7.11 Å². The zero-order valence-corrected chi connectivity index (χ0v) is 17.4. The van der Waals surface area contributed by atoms with Crippen molar-refractivity contribution in [2.24, 2.45) is 0 Å². The molecule has 1 heterocycles. The molecule has 2 aromatic carbocycles. The van der Waals surface area contributed by atoms with Crippen molar-refractivity contribution in [3.63, 3.8) is 0 Å². The van der Waals surface area contributed by atoms with Crippen LogP contribution in [0.5, 0.6) is 11.5 Å². The smallest absolute Gasteiger partial charge is 0.266 e. The fourth-order valence-electron chi connectivity index (χ4n) is 2.56. The third kappa shape index (κ3) is 5.03. The zero-order valence-electron chi connectivity index (χ0n) is 15.9. The van der Waals surface area contributed by atoms with Crippen molar-refractivity contribution in [3.05, 3.63) is 69.7 Å². The number of nitrogens with zero attached hydrogens (tertiary/aromatic N) is 1. The molecule has 0 spiro atoms. The maximum absolute atomic E-state index is 12.4. The average molecular weight is 417 g/mol.